The van der Waals surface area contributed by atoms with Gasteiger partial charge in [0.05, 0.1) is 0 Å². The molecule has 0 spiro atoms. The summed E-state index contributed by atoms with van der Waals surface area (Å²) in [6.07, 6.45) is 36.9. The van der Waals surface area contributed by atoms with E-state index in [1.807, 2.05) is 0 Å². The summed E-state index contributed by atoms with van der Waals surface area (Å²) in [7, 11) is 0. The van der Waals surface area contributed by atoms with Crippen molar-refractivity contribution in [2.24, 2.45) is 5.92 Å². The highest BCUT2D eigenvalue weighted by molar-refractivity contribution is 5.71. The van der Waals surface area contributed by atoms with E-state index in [0.717, 1.165) is 70.1 Å². The molecule has 50 heavy (non-hydrogen) atoms. The standard InChI is InChI=1S/C44H84O6/c1-5-8-10-12-13-14-15-16-17-18-19-20-21-22-23-28-32-36-43(46)49-39-41(38-48-42(45)35-31-26-11-9-6-2)50-44(47)37-33-29-25-24-27-30-34-40(4)7-3/h40-41H,5-39H2,1-4H3/t40?,41-/m1/s1. The first kappa shape index (κ1) is 48.4. The minimum atomic E-state index is -0.758. The molecule has 0 aromatic heterocycles. The van der Waals surface area contributed by atoms with E-state index >= 15 is 0 Å². The van der Waals surface area contributed by atoms with Crippen LogP contribution >= 0.6 is 0 Å². The number of rotatable bonds is 39. The molecule has 2 atom stereocenters. The van der Waals surface area contributed by atoms with Gasteiger partial charge in [-0.2, -0.15) is 0 Å². The van der Waals surface area contributed by atoms with Crippen LogP contribution in [0.15, 0.2) is 0 Å². The molecule has 6 nitrogen and oxygen atoms in total. The molecule has 1 unspecified atom stereocenters. The van der Waals surface area contributed by atoms with Gasteiger partial charge >= 0.3 is 17.9 Å². The third-order valence-electron chi connectivity index (χ3n) is 10.2. The third kappa shape index (κ3) is 36.2. The summed E-state index contributed by atoms with van der Waals surface area (Å²) in [5.41, 5.74) is 0. The predicted molar refractivity (Wildman–Crippen MR) is 210 cm³/mol. The van der Waals surface area contributed by atoms with E-state index in [1.165, 1.54) is 128 Å². The van der Waals surface area contributed by atoms with Crippen molar-refractivity contribution in [1.82, 2.24) is 0 Å². The molecule has 0 aromatic carbocycles. The molecule has 0 rings (SSSR count). The molecular formula is C44H84O6. The lowest BCUT2D eigenvalue weighted by Gasteiger charge is -2.18. The number of ether oxygens (including phenoxy) is 3. The Balaban J connectivity index is 4.15. The molecule has 0 heterocycles. The van der Waals surface area contributed by atoms with Gasteiger partial charge in [0.1, 0.15) is 13.2 Å². The van der Waals surface area contributed by atoms with E-state index in [0.29, 0.717) is 19.3 Å². The van der Waals surface area contributed by atoms with Crippen LogP contribution in [0.2, 0.25) is 0 Å². The Kier molecular flexibility index (Phi) is 37.4. The second-order valence-corrected chi connectivity index (χ2v) is 15.2. The van der Waals surface area contributed by atoms with E-state index in [-0.39, 0.29) is 31.1 Å². The second-order valence-electron chi connectivity index (χ2n) is 15.2. The predicted octanol–water partition coefficient (Wildman–Crippen LogP) is 13.6. The number of hydrogen-bond acceptors (Lipinski definition) is 6. The molecule has 0 radical (unpaired) electrons. The topological polar surface area (TPSA) is 78.9 Å². The van der Waals surface area contributed by atoms with Gasteiger partial charge in [-0.1, -0.05) is 201 Å². The quantitative estimate of drug-likeness (QED) is 0.0359. The van der Waals surface area contributed by atoms with Crippen molar-refractivity contribution in [1.29, 1.82) is 0 Å². The van der Waals surface area contributed by atoms with Crippen LogP contribution in [0.1, 0.15) is 240 Å². The van der Waals surface area contributed by atoms with Gasteiger partial charge in [0.15, 0.2) is 6.10 Å². The van der Waals surface area contributed by atoms with Crippen LogP contribution in [0.4, 0.5) is 0 Å². The molecular weight excluding hydrogens is 624 g/mol. The highest BCUT2D eigenvalue weighted by Crippen LogP contribution is 2.16. The summed E-state index contributed by atoms with van der Waals surface area (Å²) in [5, 5.41) is 0. The monoisotopic (exact) mass is 709 g/mol. The van der Waals surface area contributed by atoms with Gasteiger partial charge in [-0.05, 0) is 25.2 Å². The third-order valence-corrected chi connectivity index (χ3v) is 10.2. The highest BCUT2D eigenvalue weighted by atomic mass is 16.6. The summed E-state index contributed by atoms with van der Waals surface area (Å²) in [4.78, 5) is 37.4. The van der Waals surface area contributed by atoms with Crippen molar-refractivity contribution in [3.05, 3.63) is 0 Å². The van der Waals surface area contributed by atoms with E-state index in [2.05, 4.69) is 27.7 Å². The van der Waals surface area contributed by atoms with Gasteiger partial charge in [0.25, 0.3) is 0 Å². The number of esters is 3. The van der Waals surface area contributed by atoms with Crippen molar-refractivity contribution >= 4 is 17.9 Å². The lowest BCUT2D eigenvalue weighted by molar-refractivity contribution is -0.167. The van der Waals surface area contributed by atoms with Gasteiger partial charge in [-0.3, -0.25) is 14.4 Å². The lowest BCUT2D eigenvalue weighted by Crippen LogP contribution is -2.30. The first-order valence-corrected chi connectivity index (χ1v) is 21.9. The fourth-order valence-corrected chi connectivity index (χ4v) is 6.42. The molecule has 0 saturated carbocycles. The SMILES string of the molecule is CCCCCCCCCCCCCCCCCCCC(=O)OC[C@@H](COC(=O)CCCCCCC)OC(=O)CCCCCCCCC(C)CC. The van der Waals surface area contributed by atoms with Crippen LogP contribution in [-0.4, -0.2) is 37.2 Å². The van der Waals surface area contributed by atoms with Crippen LogP contribution in [0.25, 0.3) is 0 Å². The molecule has 296 valence electrons. The average molecular weight is 709 g/mol. The number of carbonyl (C=O) groups excluding carboxylic acids is 3. The lowest BCUT2D eigenvalue weighted by atomic mass is 10.00. The zero-order valence-corrected chi connectivity index (χ0v) is 33.9. The number of hydrogen-bond donors (Lipinski definition) is 0. The Morgan fingerprint density at radius 3 is 1.04 bits per heavy atom. The van der Waals surface area contributed by atoms with E-state index < -0.39 is 6.10 Å². The van der Waals surface area contributed by atoms with Gasteiger partial charge in [-0.25, -0.2) is 0 Å². The van der Waals surface area contributed by atoms with Crippen LogP contribution < -0.4 is 0 Å². The Morgan fingerprint density at radius 2 is 0.700 bits per heavy atom. The Morgan fingerprint density at radius 1 is 0.400 bits per heavy atom. The number of unbranched alkanes of at least 4 members (excludes halogenated alkanes) is 25. The summed E-state index contributed by atoms with van der Waals surface area (Å²) in [5.74, 6) is -0.0642. The van der Waals surface area contributed by atoms with Crippen molar-refractivity contribution in [3.8, 4) is 0 Å². The first-order chi connectivity index (χ1) is 24.4. The van der Waals surface area contributed by atoms with E-state index in [1.54, 1.807) is 0 Å². The minimum absolute atomic E-state index is 0.0660. The molecule has 6 heteroatoms. The molecule has 0 fully saturated rings. The molecule has 0 aromatic rings. The van der Waals surface area contributed by atoms with E-state index in [4.69, 9.17) is 14.2 Å². The smallest absolute Gasteiger partial charge is 0.306 e. The van der Waals surface area contributed by atoms with Gasteiger partial charge in [0, 0.05) is 19.3 Å². The molecule has 0 N–H and O–H groups in total. The summed E-state index contributed by atoms with van der Waals surface area (Å²) in [6, 6.07) is 0. The summed E-state index contributed by atoms with van der Waals surface area (Å²) in [6.45, 7) is 8.88. The van der Waals surface area contributed by atoms with Gasteiger partial charge < -0.3 is 14.2 Å². The highest BCUT2D eigenvalue weighted by Gasteiger charge is 2.19. The van der Waals surface area contributed by atoms with Crippen LogP contribution in [0.5, 0.6) is 0 Å². The normalized spacial score (nSPS) is 12.5. The van der Waals surface area contributed by atoms with Crippen molar-refractivity contribution in [2.45, 2.75) is 246 Å². The van der Waals surface area contributed by atoms with Gasteiger partial charge in [-0.15, -0.1) is 0 Å². The second kappa shape index (κ2) is 38.6. The molecule has 0 bridgehead atoms. The largest absolute Gasteiger partial charge is 0.462 e. The Bertz CT molecular complexity index is 753. The fourth-order valence-electron chi connectivity index (χ4n) is 6.42. The summed E-state index contributed by atoms with van der Waals surface area (Å²) < 4.78 is 16.6. The van der Waals surface area contributed by atoms with Crippen LogP contribution in [0, 0.1) is 5.92 Å². The molecule has 0 aliphatic carbocycles. The average Bonchev–Trinajstić information content (AvgIpc) is 3.11. The zero-order chi connectivity index (χ0) is 36.8. The maximum absolute atomic E-state index is 12.6. The van der Waals surface area contributed by atoms with Crippen LogP contribution in [0.3, 0.4) is 0 Å². The van der Waals surface area contributed by atoms with Crippen LogP contribution in [-0.2, 0) is 28.6 Å². The minimum Gasteiger partial charge on any atom is -0.462 e. The molecule has 0 amide bonds. The molecule has 0 aliphatic rings. The number of carbonyl (C=O) groups is 3. The Hall–Kier alpha value is -1.59. The first-order valence-electron chi connectivity index (χ1n) is 21.9. The maximum Gasteiger partial charge on any atom is 0.306 e. The molecule has 0 aliphatic heterocycles. The molecule has 0 saturated heterocycles. The van der Waals surface area contributed by atoms with Crippen molar-refractivity contribution in [2.75, 3.05) is 13.2 Å². The van der Waals surface area contributed by atoms with E-state index in [9.17, 15) is 14.4 Å². The summed E-state index contributed by atoms with van der Waals surface area (Å²) >= 11 is 0. The maximum atomic E-state index is 12.6. The van der Waals surface area contributed by atoms with Crippen molar-refractivity contribution < 1.29 is 28.6 Å². The fraction of sp³-hybridized carbons (Fsp3) is 0.932. The van der Waals surface area contributed by atoms with Gasteiger partial charge in [0.2, 0.25) is 0 Å². The zero-order valence-electron chi connectivity index (χ0n) is 33.9. The van der Waals surface area contributed by atoms with Crippen molar-refractivity contribution in [3.63, 3.8) is 0 Å². The Labute approximate surface area is 310 Å².